The molecule has 0 N–H and O–H groups in total. The number of rotatable bonds is 6. The molecule has 0 fully saturated rings. The van der Waals surface area contributed by atoms with Crippen LogP contribution in [0.2, 0.25) is 0 Å². The van der Waals surface area contributed by atoms with Crippen LogP contribution in [0.15, 0.2) is 41.8 Å². The Morgan fingerprint density at radius 1 is 1.17 bits per heavy atom. The Hall–Kier alpha value is -2.14. The molecule has 0 radical (unpaired) electrons. The van der Waals surface area contributed by atoms with Crippen LogP contribution < -0.4 is 5.01 Å². The molecule has 0 aliphatic carbocycles. The molecule has 122 valence electrons. The van der Waals surface area contributed by atoms with Crippen molar-refractivity contribution in [3.63, 3.8) is 0 Å². The SMILES string of the molecule is CCN(CC)CCCC1=Nc2cnccc2N(C)n2cccc21. The fourth-order valence-corrected chi connectivity index (χ4v) is 3.11. The zero-order valence-corrected chi connectivity index (χ0v) is 14.2. The van der Waals surface area contributed by atoms with E-state index in [1.165, 1.54) is 5.69 Å². The Bertz CT molecular complexity index is 684. The lowest BCUT2D eigenvalue weighted by Gasteiger charge is -2.22. The maximum Gasteiger partial charge on any atom is 0.107 e. The molecule has 5 heteroatoms. The summed E-state index contributed by atoms with van der Waals surface area (Å²) in [5, 5.41) is 2.13. The Labute approximate surface area is 138 Å². The normalized spacial score (nSPS) is 13.6. The highest BCUT2D eigenvalue weighted by Crippen LogP contribution is 2.31. The van der Waals surface area contributed by atoms with Crippen molar-refractivity contribution >= 4 is 17.1 Å². The van der Waals surface area contributed by atoms with E-state index in [4.69, 9.17) is 4.99 Å². The quantitative estimate of drug-likeness (QED) is 0.821. The van der Waals surface area contributed by atoms with Crippen molar-refractivity contribution in [3.05, 3.63) is 42.5 Å². The summed E-state index contributed by atoms with van der Waals surface area (Å²) in [6.45, 7) is 7.76. The van der Waals surface area contributed by atoms with Crippen LogP contribution in [-0.2, 0) is 0 Å². The molecule has 0 amide bonds. The summed E-state index contributed by atoms with van der Waals surface area (Å²) >= 11 is 0. The van der Waals surface area contributed by atoms with Crippen LogP contribution in [0.1, 0.15) is 32.4 Å². The van der Waals surface area contributed by atoms with Crippen molar-refractivity contribution < 1.29 is 0 Å². The predicted octanol–water partition coefficient (Wildman–Crippen LogP) is 3.34. The zero-order valence-electron chi connectivity index (χ0n) is 14.2. The van der Waals surface area contributed by atoms with E-state index in [2.05, 4.69) is 58.8 Å². The van der Waals surface area contributed by atoms with Crippen LogP contribution >= 0.6 is 0 Å². The highest BCUT2D eigenvalue weighted by atomic mass is 15.5. The van der Waals surface area contributed by atoms with E-state index in [0.29, 0.717) is 0 Å². The minimum atomic E-state index is 0.941. The first-order valence-corrected chi connectivity index (χ1v) is 8.40. The molecule has 0 saturated carbocycles. The first-order valence-electron chi connectivity index (χ1n) is 8.40. The number of aliphatic imine (C=N–C) groups is 1. The summed E-state index contributed by atoms with van der Waals surface area (Å²) in [5.74, 6) is 0. The number of fused-ring (bicyclic) bond motifs is 2. The van der Waals surface area contributed by atoms with Crippen molar-refractivity contribution in [2.45, 2.75) is 26.7 Å². The number of aromatic nitrogens is 2. The van der Waals surface area contributed by atoms with Crippen LogP contribution in [0, 0.1) is 0 Å². The molecule has 5 nitrogen and oxygen atoms in total. The number of anilines is 1. The third-order valence-electron chi connectivity index (χ3n) is 4.51. The highest BCUT2D eigenvalue weighted by molar-refractivity contribution is 6.02. The van der Waals surface area contributed by atoms with Gasteiger partial charge in [-0.1, -0.05) is 13.8 Å². The average molecular weight is 311 g/mol. The Morgan fingerprint density at radius 3 is 2.78 bits per heavy atom. The standard InChI is InChI=1S/C18H25N5/c1-4-22(5-2)12-6-8-15-18-9-7-13-23(18)21(3)17-10-11-19-14-16(17)20-15/h7,9-11,13-14H,4-6,8,12H2,1-3H3. The van der Waals surface area contributed by atoms with Gasteiger partial charge in [-0.25, -0.2) is 4.99 Å². The van der Waals surface area contributed by atoms with E-state index < -0.39 is 0 Å². The molecule has 0 spiro atoms. The van der Waals surface area contributed by atoms with Crippen LogP contribution in [-0.4, -0.2) is 47.0 Å². The monoisotopic (exact) mass is 311 g/mol. The number of pyridine rings is 1. The van der Waals surface area contributed by atoms with Crippen molar-refractivity contribution in [2.24, 2.45) is 4.99 Å². The minimum Gasteiger partial charge on any atom is -0.304 e. The molecule has 1 aliphatic heterocycles. The molecule has 23 heavy (non-hydrogen) atoms. The lowest BCUT2D eigenvalue weighted by molar-refractivity contribution is 0.302. The summed E-state index contributed by atoms with van der Waals surface area (Å²) in [4.78, 5) is 11.6. The number of nitrogens with zero attached hydrogens (tertiary/aromatic N) is 5. The highest BCUT2D eigenvalue weighted by Gasteiger charge is 2.19. The smallest absolute Gasteiger partial charge is 0.107 e. The molecule has 3 heterocycles. The van der Waals surface area contributed by atoms with Crippen molar-refractivity contribution in [3.8, 4) is 0 Å². The minimum absolute atomic E-state index is 0.941. The molecular formula is C18H25N5. The van der Waals surface area contributed by atoms with Crippen LogP contribution in [0.3, 0.4) is 0 Å². The third-order valence-corrected chi connectivity index (χ3v) is 4.51. The third kappa shape index (κ3) is 3.15. The van der Waals surface area contributed by atoms with Crippen LogP contribution in [0.4, 0.5) is 11.4 Å². The average Bonchev–Trinajstić information content (AvgIpc) is 3.03. The molecule has 0 bridgehead atoms. The second-order valence-electron chi connectivity index (χ2n) is 5.81. The van der Waals surface area contributed by atoms with Gasteiger partial charge in [0.2, 0.25) is 0 Å². The van der Waals surface area contributed by atoms with E-state index in [1.54, 1.807) is 0 Å². The summed E-state index contributed by atoms with van der Waals surface area (Å²) in [7, 11) is 2.07. The van der Waals surface area contributed by atoms with Gasteiger partial charge in [-0.2, -0.15) is 0 Å². The maximum absolute atomic E-state index is 4.92. The van der Waals surface area contributed by atoms with Gasteiger partial charge >= 0.3 is 0 Å². The van der Waals surface area contributed by atoms with Gasteiger partial charge in [0, 0.05) is 19.4 Å². The molecule has 1 aliphatic rings. The molecule has 0 saturated heterocycles. The summed E-state index contributed by atoms with van der Waals surface area (Å²) in [6.07, 6.45) is 7.85. The van der Waals surface area contributed by atoms with Gasteiger partial charge in [-0.3, -0.25) is 14.7 Å². The van der Waals surface area contributed by atoms with E-state index in [1.807, 2.05) is 18.5 Å². The number of hydrogen-bond acceptors (Lipinski definition) is 4. The zero-order chi connectivity index (χ0) is 16.2. The Kier molecular flexibility index (Phi) is 4.76. The second kappa shape index (κ2) is 6.96. The van der Waals surface area contributed by atoms with Gasteiger partial charge in [-0.15, -0.1) is 0 Å². The summed E-state index contributed by atoms with van der Waals surface area (Å²) < 4.78 is 2.17. The van der Waals surface area contributed by atoms with E-state index in [0.717, 1.165) is 49.6 Å². The van der Waals surface area contributed by atoms with Crippen LogP contribution in [0.5, 0.6) is 0 Å². The first kappa shape index (κ1) is 15.7. The number of hydrogen-bond donors (Lipinski definition) is 0. The molecule has 2 aromatic heterocycles. The van der Waals surface area contributed by atoms with Crippen LogP contribution in [0.25, 0.3) is 0 Å². The van der Waals surface area contributed by atoms with Gasteiger partial charge in [0.25, 0.3) is 0 Å². The Balaban J connectivity index is 1.87. The van der Waals surface area contributed by atoms with E-state index >= 15 is 0 Å². The molecule has 0 unspecified atom stereocenters. The van der Waals surface area contributed by atoms with Gasteiger partial charge in [0.15, 0.2) is 0 Å². The molecule has 2 aromatic rings. The Morgan fingerprint density at radius 2 is 2.00 bits per heavy atom. The fraction of sp³-hybridized carbons (Fsp3) is 0.444. The van der Waals surface area contributed by atoms with Gasteiger partial charge in [-0.05, 0) is 50.7 Å². The van der Waals surface area contributed by atoms with Gasteiger partial charge in [0.1, 0.15) is 5.69 Å². The van der Waals surface area contributed by atoms with Crippen molar-refractivity contribution in [1.82, 2.24) is 14.6 Å². The molecule has 3 rings (SSSR count). The summed E-state index contributed by atoms with van der Waals surface area (Å²) in [5.41, 5.74) is 4.33. The van der Waals surface area contributed by atoms with E-state index in [-0.39, 0.29) is 0 Å². The largest absolute Gasteiger partial charge is 0.304 e. The topological polar surface area (TPSA) is 36.7 Å². The molecule has 0 atom stereocenters. The molecular weight excluding hydrogens is 286 g/mol. The predicted molar refractivity (Wildman–Crippen MR) is 95.7 cm³/mol. The maximum atomic E-state index is 4.92. The lowest BCUT2D eigenvalue weighted by Crippen LogP contribution is -2.27. The molecule has 0 aromatic carbocycles. The van der Waals surface area contributed by atoms with Gasteiger partial charge in [0.05, 0.1) is 23.3 Å². The van der Waals surface area contributed by atoms with Crippen molar-refractivity contribution in [2.75, 3.05) is 31.7 Å². The fourth-order valence-electron chi connectivity index (χ4n) is 3.11. The van der Waals surface area contributed by atoms with Crippen molar-refractivity contribution in [1.29, 1.82) is 0 Å². The lowest BCUT2D eigenvalue weighted by atomic mass is 10.1. The first-order chi connectivity index (χ1) is 11.2. The summed E-state index contributed by atoms with van der Waals surface area (Å²) in [6, 6.07) is 6.24. The van der Waals surface area contributed by atoms with Gasteiger partial charge < -0.3 is 4.90 Å². The second-order valence-corrected chi connectivity index (χ2v) is 5.81. The van der Waals surface area contributed by atoms with E-state index in [9.17, 15) is 0 Å².